The minimum absolute atomic E-state index is 0.153. The van der Waals surface area contributed by atoms with E-state index in [0.29, 0.717) is 12.5 Å². The zero-order chi connectivity index (χ0) is 15.7. The van der Waals surface area contributed by atoms with Crippen molar-refractivity contribution in [2.75, 3.05) is 25.0 Å². The summed E-state index contributed by atoms with van der Waals surface area (Å²) >= 11 is 0. The lowest BCUT2D eigenvalue weighted by Gasteiger charge is -2.25. The van der Waals surface area contributed by atoms with Crippen LogP contribution in [0.25, 0.3) is 0 Å². The van der Waals surface area contributed by atoms with E-state index >= 15 is 0 Å². The van der Waals surface area contributed by atoms with Crippen molar-refractivity contribution in [1.82, 2.24) is 14.9 Å². The molecule has 4 rings (SSSR count). The fourth-order valence-corrected chi connectivity index (χ4v) is 3.91. The Labute approximate surface area is 135 Å². The number of amides is 1. The smallest absolute Gasteiger partial charge is 0.226 e. The Bertz CT molecular complexity index is 598. The molecular weight excluding hydrogens is 292 g/mol. The number of allylic oxidation sites excluding steroid dienone is 2. The third-order valence-electron chi connectivity index (χ3n) is 5.11. The molecule has 1 aromatic heterocycles. The van der Waals surface area contributed by atoms with Crippen LogP contribution < -0.4 is 5.32 Å². The number of nitrogens with zero attached hydrogens (tertiary/aromatic N) is 3. The van der Waals surface area contributed by atoms with Crippen LogP contribution in [0.1, 0.15) is 25.7 Å². The summed E-state index contributed by atoms with van der Waals surface area (Å²) in [6.07, 6.45) is 12.9. The number of rotatable bonds is 3. The predicted molar refractivity (Wildman–Crippen MR) is 85.8 cm³/mol. The SMILES string of the molecule is O=C(C1CC=CC1)N1CC[C@@]2(C[C@@H](Nc3cnccn3)CO2)C1. The Morgan fingerprint density at radius 1 is 1.35 bits per heavy atom. The molecule has 0 bridgehead atoms. The van der Waals surface area contributed by atoms with Crippen molar-refractivity contribution in [3.05, 3.63) is 30.7 Å². The van der Waals surface area contributed by atoms with Crippen LogP contribution in [0, 0.1) is 5.92 Å². The van der Waals surface area contributed by atoms with Crippen molar-refractivity contribution in [2.45, 2.75) is 37.3 Å². The van der Waals surface area contributed by atoms with Crippen LogP contribution >= 0.6 is 0 Å². The van der Waals surface area contributed by atoms with Crippen LogP contribution in [-0.4, -0.2) is 52.1 Å². The lowest BCUT2D eigenvalue weighted by Crippen LogP contribution is -2.38. The number of anilines is 1. The largest absolute Gasteiger partial charge is 0.371 e. The van der Waals surface area contributed by atoms with Gasteiger partial charge in [-0.25, -0.2) is 4.98 Å². The maximum Gasteiger partial charge on any atom is 0.226 e. The van der Waals surface area contributed by atoms with E-state index in [4.69, 9.17) is 4.74 Å². The first-order chi connectivity index (χ1) is 11.2. The minimum atomic E-state index is -0.179. The molecule has 122 valence electrons. The van der Waals surface area contributed by atoms with Gasteiger partial charge in [-0.1, -0.05) is 12.2 Å². The summed E-state index contributed by atoms with van der Waals surface area (Å²) < 4.78 is 6.11. The predicted octanol–water partition coefficient (Wildman–Crippen LogP) is 1.61. The number of carbonyl (C=O) groups excluding carboxylic acids is 1. The number of likely N-dealkylation sites (tertiary alicyclic amines) is 1. The lowest BCUT2D eigenvalue weighted by atomic mass is 9.97. The number of hydrogen-bond donors (Lipinski definition) is 1. The fraction of sp³-hybridized carbons (Fsp3) is 0.588. The molecule has 2 aliphatic heterocycles. The Morgan fingerprint density at radius 2 is 2.22 bits per heavy atom. The van der Waals surface area contributed by atoms with E-state index in [1.807, 2.05) is 4.90 Å². The molecule has 1 N–H and O–H groups in total. The molecule has 1 spiro atoms. The second-order valence-corrected chi connectivity index (χ2v) is 6.78. The lowest BCUT2D eigenvalue weighted by molar-refractivity contribution is -0.135. The summed E-state index contributed by atoms with van der Waals surface area (Å²) in [6, 6.07) is 0.231. The van der Waals surface area contributed by atoms with Crippen molar-refractivity contribution < 1.29 is 9.53 Å². The van der Waals surface area contributed by atoms with E-state index in [-0.39, 0.29) is 17.6 Å². The highest BCUT2D eigenvalue weighted by Gasteiger charge is 2.47. The van der Waals surface area contributed by atoms with Crippen molar-refractivity contribution in [2.24, 2.45) is 5.92 Å². The maximum absolute atomic E-state index is 12.6. The molecule has 23 heavy (non-hydrogen) atoms. The Balaban J connectivity index is 1.35. The summed E-state index contributed by atoms with van der Waals surface area (Å²) in [7, 11) is 0. The van der Waals surface area contributed by atoms with Crippen LogP contribution in [0.4, 0.5) is 5.82 Å². The van der Waals surface area contributed by atoms with Gasteiger partial charge in [-0.2, -0.15) is 0 Å². The zero-order valence-corrected chi connectivity index (χ0v) is 13.1. The number of ether oxygens (including phenoxy) is 1. The minimum Gasteiger partial charge on any atom is -0.371 e. The van der Waals surface area contributed by atoms with Crippen LogP contribution in [-0.2, 0) is 9.53 Å². The van der Waals surface area contributed by atoms with Crippen LogP contribution in [0.3, 0.4) is 0 Å². The number of hydrogen-bond acceptors (Lipinski definition) is 5. The molecule has 2 fully saturated rings. The molecule has 3 heterocycles. The first kappa shape index (κ1) is 14.6. The van der Waals surface area contributed by atoms with Gasteiger partial charge in [-0.15, -0.1) is 0 Å². The first-order valence-corrected chi connectivity index (χ1v) is 8.34. The molecule has 0 saturated carbocycles. The Hall–Kier alpha value is -1.95. The molecule has 2 atom stereocenters. The number of carbonyl (C=O) groups is 1. The molecular formula is C17H22N4O2. The molecule has 3 aliphatic rings. The van der Waals surface area contributed by atoms with Crippen molar-refractivity contribution in [3.63, 3.8) is 0 Å². The standard InChI is InChI=1S/C17H22N4O2/c22-16(13-3-1-2-4-13)21-8-5-17(12-21)9-14(11-23-17)20-15-10-18-6-7-19-15/h1-2,6-7,10,13-14H,3-5,8-9,11-12H2,(H,19,20)/t14-,17-/m1/s1. The number of aromatic nitrogens is 2. The van der Waals surface area contributed by atoms with Gasteiger partial charge in [-0.05, 0) is 19.3 Å². The quantitative estimate of drug-likeness (QED) is 0.859. The molecule has 0 unspecified atom stereocenters. The van der Waals surface area contributed by atoms with Gasteiger partial charge in [0.05, 0.1) is 24.4 Å². The van der Waals surface area contributed by atoms with Gasteiger partial charge in [-0.3, -0.25) is 9.78 Å². The van der Waals surface area contributed by atoms with Gasteiger partial charge in [0, 0.05) is 37.8 Å². The molecule has 0 aromatic carbocycles. The van der Waals surface area contributed by atoms with Crippen LogP contribution in [0.15, 0.2) is 30.7 Å². The third kappa shape index (κ3) is 2.95. The molecule has 0 radical (unpaired) electrons. The molecule has 1 aliphatic carbocycles. The van der Waals surface area contributed by atoms with Gasteiger partial charge in [0.15, 0.2) is 0 Å². The molecule has 6 heteroatoms. The third-order valence-corrected chi connectivity index (χ3v) is 5.11. The average molecular weight is 314 g/mol. The van der Waals surface area contributed by atoms with Gasteiger partial charge >= 0.3 is 0 Å². The topological polar surface area (TPSA) is 67.4 Å². The summed E-state index contributed by atoms with van der Waals surface area (Å²) in [5.74, 6) is 1.22. The molecule has 1 amide bonds. The zero-order valence-electron chi connectivity index (χ0n) is 13.1. The highest BCUT2D eigenvalue weighted by Crippen LogP contribution is 2.37. The van der Waals surface area contributed by atoms with E-state index in [1.165, 1.54) is 0 Å². The highest BCUT2D eigenvalue weighted by atomic mass is 16.5. The Morgan fingerprint density at radius 3 is 3.00 bits per heavy atom. The first-order valence-electron chi connectivity index (χ1n) is 8.34. The van der Waals surface area contributed by atoms with E-state index < -0.39 is 0 Å². The van der Waals surface area contributed by atoms with E-state index in [9.17, 15) is 4.79 Å². The van der Waals surface area contributed by atoms with Gasteiger partial charge in [0.2, 0.25) is 5.91 Å². The average Bonchev–Trinajstić information content (AvgIpc) is 3.31. The molecule has 1 aromatic rings. The summed E-state index contributed by atoms with van der Waals surface area (Å²) in [6.45, 7) is 2.19. The van der Waals surface area contributed by atoms with Gasteiger partial charge in [0.25, 0.3) is 0 Å². The highest BCUT2D eigenvalue weighted by molar-refractivity contribution is 5.80. The fourth-order valence-electron chi connectivity index (χ4n) is 3.91. The van der Waals surface area contributed by atoms with Crippen LogP contribution in [0.5, 0.6) is 0 Å². The second-order valence-electron chi connectivity index (χ2n) is 6.78. The summed E-state index contributed by atoms with van der Waals surface area (Å²) in [4.78, 5) is 22.9. The monoisotopic (exact) mass is 314 g/mol. The van der Waals surface area contributed by atoms with Gasteiger partial charge < -0.3 is 15.0 Å². The van der Waals surface area contributed by atoms with Crippen molar-refractivity contribution >= 4 is 11.7 Å². The van der Waals surface area contributed by atoms with Gasteiger partial charge in [0.1, 0.15) is 5.82 Å². The number of nitrogens with one attached hydrogen (secondary N) is 1. The van der Waals surface area contributed by atoms with Crippen molar-refractivity contribution in [3.8, 4) is 0 Å². The van der Waals surface area contributed by atoms with Crippen molar-refractivity contribution in [1.29, 1.82) is 0 Å². The van der Waals surface area contributed by atoms with Crippen LogP contribution in [0.2, 0.25) is 0 Å². The molecule has 2 saturated heterocycles. The van der Waals surface area contributed by atoms with E-state index in [1.54, 1.807) is 18.6 Å². The van der Waals surface area contributed by atoms with E-state index in [0.717, 1.165) is 44.6 Å². The molecule has 6 nitrogen and oxygen atoms in total. The Kier molecular flexibility index (Phi) is 3.77. The maximum atomic E-state index is 12.6. The summed E-state index contributed by atoms with van der Waals surface area (Å²) in [5, 5.41) is 3.38. The second kappa shape index (κ2) is 5.92. The van der Waals surface area contributed by atoms with E-state index in [2.05, 4.69) is 27.4 Å². The summed E-state index contributed by atoms with van der Waals surface area (Å²) in [5.41, 5.74) is -0.179. The normalized spacial score (nSPS) is 30.4.